The molecule has 0 aliphatic rings. The Hall–Kier alpha value is -2.25. The maximum absolute atomic E-state index is 12.4. The molecule has 3 aromatic rings. The zero-order valence-corrected chi connectivity index (χ0v) is 16.0. The summed E-state index contributed by atoms with van der Waals surface area (Å²) in [6.07, 6.45) is 3.60. The molecule has 0 saturated carbocycles. The Morgan fingerprint density at radius 3 is 2.92 bits per heavy atom. The third-order valence-corrected chi connectivity index (χ3v) is 5.22. The number of hydrogen-bond acceptors (Lipinski definition) is 5. The van der Waals surface area contributed by atoms with Crippen LogP contribution in [0.1, 0.15) is 33.5 Å². The molecule has 0 fully saturated rings. The van der Waals surface area contributed by atoms with Crippen molar-refractivity contribution in [2.24, 2.45) is 0 Å². The largest absolute Gasteiger partial charge is 0.462 e. The second-order valence-electron chi connectivity index (χ2n) is 5.30. The summed E-state index contributed by atoms with van der Waals surface area (Å²) in [6.45, 7) is 3.77. The van der Waals surface area contributed by atoms with E-state index in [0.29, 0.717) is 26.5 Å². The Kier molecular flexibility index (Phi) is 5.15. The number of thiophene rings is 1. The maximum Gasteiger partial charge on any atom is 0.348 e. The first kappa shape index (κ1) is 17.6. The highest BCUT2D eigenvalue weighted by Crippen LogP contribution is 2.27. The van der Waals surface area contributed by atoms with Crippen LogP contribution in [-0.2, 0) is 4.74 Å². The molecule has 0 radical (unpaired) electrons. The summed E-state index contributed by atoms with van der Waals surface area (Å²) in [6, 6.07) is 7.78. The van der Waals surface area contributed by atoms with Crippen molar-refractivity contribution < 1.29 is 9.53 Å². The van der Waals surface area contributed by atoms with Gasteiger partial charge in [-0.25, -0.2) is 9.78 Å². The lowest BCUT2D eigenvalue weighted by molar-refractivity contribution is 0.0531. The molecule has 2 aromatic heterocycles. The van der Waals surface area contributed by atoms with E-state index in [1.165, 1.54) is 11.3 Å². The normalized spacial score (nSPS) is 11.3. The number of halogens is 1. The van der Waals surface area contributed by atoms with E-state index in [-0.39, 0.29) is 12.2 Å². The van der Waals surface area contributed by atoms with Crippen LogP contribution < -0.4 is 5.56 Å². The smallest absolute Gasteiger partial charge is 0.348 e. The van der Waals surface area contributed by atoms with Gasteiger partial charge in [-0.05, 0) is 43.2 Å². The summed E-state index contributed by atoms with van der Waals surface area (Å²) >= 11 is 4.60. The number of ether oxygens (including phenoxy) is 1. The van der Waals surface area contributed by atoms with E-state index in [9.17, 15) is 9.59 Å². The van der Waals surface area contributed by atoms with Gasteiger partial charge in [0.1, 0.15) is 15.5 Å². The summed E-state index contributed by atoms with van der Waals surface area (Å²) in [7, 11) is 0. The van der Waals surface area contributed by atoms with Crippen molar-refractivity contribution in [1.82, 2.24) is 9.97 Å². The zero-order chi connectivity index (χ0) is 18.0. The van der Waals surface area contributed by atoms with Crippen LogP contribution in [0.15, 0.2) is 33.5 Å². The van der Waals surface area contributed by atoms with Gasteiger partial charge in [-0.15, -0.1) is 11.3 Å². The third-order valence-electron chi connectivity index (χ3n) is 3.56. The number of aromatic nitrogens is 2. The quantitative estimate of drug-likeness (QED) is 0.637. The van der Waals surface area contributed by atoms with E-state index >= 15 is 0 Å². The molecule has 3 rings (SSSR count). The van der Waals surface area contributed by atoms with E-state index in [4.69, 9.17) is 4.74 Å². The highest BCUT2D eigenvalue weighted by molar-refractivity contribution is 9.10. The first-order valence-corrected chi connectivity index (χ1v) is 9.24. The molecule has 0 unspecified atom stereocenters. The topological polar surface area (TPSA) is 72.0 Å². The van der Waals surface area contributed by atoms with E-state index < -0.39 is 5.97 Å². The number of aromatic amines is 1. The van der Waals surface area contributed by atoms with Crippen LogP contribution in [0, 0.1) is 6.92 Å². The van der Waals surface area contributed by atoms with Crippen molar-refractivity contribution in [2.45, 2.75) is 13.8 Å². The molecular formula is C18H15BrN2O3S. The number of nitrogens with zero attached hydrogens (tertiary/aromatic N) is 1. The van der Waals surface area contributed by atoms with Crippen molar-refractivity contribution in [3.63, 3.8) is 0 Å². The minimum atomic E-state index is -0.423. The summed E-state index contributed by atoms with van der Waals surface area (Å²) in [5, 5.41) is 0.438. The molecule has 25 heavy (non-hydrogen) atoms. The predicted molar refractivity (Wildman–Crippen MR) is 104 cm³/mol. The monoisotopic (exact) mass is 418 g/mol. The van der Waals surface area contributed by atoms with Gasteiger partial charge < -0.3 is 9.72 Å². The minimum Gasteiger partial charge on any atom is -0.462 e. The van der Waals surface area contributed by atoms with Crippen molar-refractivity contribution in [3.05, 3.63) is 60.9 Å². The minimum absolute atomic E-state index is 0.261. The number of fused-ring (bicyclic) bond motifs is 1. The Morgan fingerprint density at radius 2 is 2.20 bits per heavy atom. The van der Waals surface area contributed by atoms with Gasteiger partial charge in [-0.3, -0.25) is 4.79 Å². The second kappa shape index (κ2) is 7.33. The van der Waals surface area contributed by atoms with Crippen molar-refractivity contribution >= 4 is 55.6 Å². The molecule has 1 aromatic carbocycles. The fourth-order valence-corrected chi connectivity index (χ4v) is 3.92. The number of nitrogens with one attached hydrogen (secondary N) is 1. The van der Waals surface area contributed by atoms with E-state index in [2.05, 4.69) is 25.9 Å². The summed E-state index contributed by atoms with van der Waals surface area (Å²) in [4.78, 5) is 32.6. The average Bonchev–Trinajstić information content (AvgIpc) is 2.91. The number of benzene rings is 1. The maximum atomic E-state index is 12.4. The highest BCUT2D eigenvalue weighted by Gasteiger charge is 2.19. The second-order valence-corrected chi connectivity index (χ2v) is 7.21. The van der Waals surface area contributed by atoms with Crippen molar-refractivity contribution in [2.75, 3.05) is 6.61 Å². The lowest BCUT2D eigenvalue weighted by Crippen LogP contribution is -2.10. The van der Waals surface area contributed by atoms with Crippen molar-refractivity contribution in [1.29, 1.82) is 0 Å². The van der Waals surface area contributed by atoms with E-state index in [1.54, 1.807) is 19.9 Å². The van der Waals surface area contributed by atoms with Crippen LogP contribution >= 0.6 is 27.3 Å². The molecule has 0 aliphatic heterocycles. The average molecular weight is 419 g/mol. The summed E-state index contributed by atoms with van der Waals surface area (Å²) in [5.74, 6) is 0.0164. The van der Waals surface area contributed by atoms with E-state index in [1.807, 2.05) is 30.3 Å². The van der Waals surface area contributed by atoms with Crippen LogP contribution in [0.2, 0.25) is 0 Å². The van der Waals surface area contributed by atoms with Gasteiger partial charge in [0.05, 0.1) is 12.0 Å². The van der Waals surface area contributed by atoms with Crippen LogP contribution in [0.3, 0.4) is 0 Å². The molecular weight excluding hydrogens is 404 g/mol. The molecule has 128 valence electrons. The van der Waals surface area contributed by atoms with Gasteiger partial charge in [0, 0.05) is 4.47 Å². The molecule has 0 aliphatic carbocycles. The van der Waals surface area contributed by atoms with E-state index in [0.717, 1.165) is 10.0 Å². The third kappa shape index (κ3) is 3.72. The first-order chi connectivity index (χ1) is 12.0. The fraction of sp³-hybridized carbons (Fsp3) is 0.167. The number of rotatable bonds is 4. The Balaban J connectivity index is 2.01. The first-order valence-electron chi connectivity index (χ1n) is 7.63. The molecule has 5 nitrogen and oxygen atoms in total. The van der Waals surface area contributed by atoms with Gasteiger partial charge in [0.2, 0.25) is 0 Å². The number of esters is 1. The number of carbonyl (C=O) groups excluding carboxylic acids is 1. The number of aryl methyl sites for hydroxylation is 1. The van der Waals surface area contributed by atoms with Crippen LogP contribution in [0.5, 0.6) is 0 Å². The number of hydrogen-bond donors (Lipinski definition) is 1. The SMILES string of the molecule is CCOC(=O)c1sc2nc(/C=C/c3cccc(Br)c3)[nH]c(=O)c2c1C. The lowest BCUT2D eigenvalue weighted by atomic mass is 10.2. The number of H-pyrrole nitrogens is 1. The lowest BCUT2D eigenvalue weighted by Gasteiger charge is -1.98. The van der Waals surface area contributed by atoms with Gasteiger partial charge >= 0.3 is 5.97 Å². The van der Waals surface area contributed by atoms with Crippen LogP contribution in [0.25, 0.3) is 22.4 Å². The molecule has 1 N–H and O–H groups in total. The summed E-state index contributed by atoms with van der Waals surface area (Å²) < 4.78 is 6.01. The van der Waals surface area contributed by atoms with Gasteiger partial charge in [0.25, 0.3) is 5.56 Å². The Labute approximate surface area is 156 Å². The Bertz CT molecular complexity index is 1040. The zero-order valence-electron chi connectivity index (χ0n) is 13.6. The molecule has 2 heterocycles. The summed E-state index contributed by atoms with van der Waals surface area (Å²) in [5.41, 5.74) is 1.32. The molecule has 0 spiro atoms. The Morgan fingerprint density at radius 1 is 1.40 bits per heavy atom. The predicted octanol–water partition coefficient (Wildman–Crippen LogP) is 4.40. The van der Waals surface area contributed by atoms with Crippen LogP contribution in [-0.4, -0.2) is 22.5 Å². The molecule has 7 heteroatoms. The molecule has 0 atom stereocenters. The fourth-order valence-electron chi connectivity index (χ4n) is 2.42. The standard InChI is InChI=1S/C18H15BrN2O3S/c1-3-24-18(23)15-10(2)14-16(22)20-13(21-17(14)25-15)8-7-11-5-4-6-12(19)9-11/h4-9H,3H2,1-2H3,(H,20,21,22)/b8-7+. The van der Waals surface area contributed by atoms with Gasteiger partial charge in [-0.2, -0.15) is 0 Å². The molecule has 0 amide bonds. The molecule has 0 saturated heterocycles. The molecule has 0 bridgehead atoms. The van der Waals surface area contributed by atoms with Crippen molar-refractivity contribution in [3.8, 4) is 0 Å². The highest BCUT2D eigenvalue weighted by atomic mass is 79.9. The number of carbonyl (C=O) groups is 1. The van der Waals surface area contributed by atoms with Gasteiger partial charge in [0.15, 0.2) is 0 Å². The van der Waals surface area contributed by atoms with Gasteiger partial charge in [-0.1, -0.05) is 34.1 Å². The van der Waals surface area contributed by atoms with Crippen LogP contribution in [0.4, 0.5) is 0 Å².